The largest absolute Gasteiger partial charge is 0.491 e. The van der Waals surface area contributed by atoms with Gasteiger partial charge in [0.2, 0.25) is 0 Å². The van der Waals surface area contributed by atoms with E-state index in [0.29, 0.717) is 24.1 Å². The minimum Gasteiger partial charge on any atom is -0.491 e. The maximum Gasteiger partial charge on any atom is 0.120 e. The van der Waals surface area contributed by atoms with Gasteiger partial charge in [0.1, 0.15) is 17.3 Å². The highest BCUT2D eigenvalue weighted by atomic mass is 32.1. The van der Waals surface area contributed by atoms with Crippen LogP contribution in [-0.2, 0) is 9.47 Å². The second-order valence-corrected chi connectivity index (χ2v) is 5.31. The molecule has 2 N–H and O–H groups in total. The van der Waals surface area contributed by atoms with Gasteiger partial charge in [-0.05, 0) is 30.9 Å². The number of rotatable bonds is 7. The van der Waals surface area contributed by atoms with E-state index < -0.39 is 0 Å². The zero-order valence-electron chi connectivity index (χ0n) is 11.5. The van der Waals surface area contributed by atoms with Crippen LogP contribution in [0, 0.1) is 5.92 Å². The molecule has 2 rings (SSSR count). The monoisotopic (exact) mass is 295 g/mol. The summed E-state index contributed by atoms with van der Waals surface area (Å²) in [6, 6.07) is 7.49. The Labute approximate surface area is 125 Å². The Hall–Kier alpha value is -1.17. The second kappa shape index (κ2) is 8.19. The Morgan fingerprint density at radius 1 is 1.30 bits per heavy atom. The van der Waals surface area contributed by atoms with Crippen LogP contribution in [0.3, 0.4) is 0 Å². The van der Waals surface area contributed by atoms with Gasteiger partial charge in [-0.15, -0.1) is 0 Å². The van der Waals surface area contributed by atoms with Crippen molar-refractivity contribution in [2.45, 2.75) is 12.8 Å². The van der Waals surface area contributed by atoms with Crippen LogP contribution in [-0.4, -0.2) is 38.0 Å². The standard InChI is InChI=1S/C15H21NO3S/c16-15(20)13-2-1-3-14(10-13)19-9-8-18-11-12-4-6-17-7-5-12/h1-3,10,12H,4-9,11H2,(H2,16,20). The van der Waals surface area contributed by atoms with E-state index in [1.807, 2.05) is 24.3 Å². The SMILES string of the molecule is NC(=S)c1cccc(OCCOCC2CCOCC2)c1. The predicted molar refractivity (Wildman–Crippen MR) is 82.2 cm³/mol. The molecule has 0 radical (unpaired) electrons. The summed E-state index contributed by atoms with van der Waals surface area (Å²) < 4.78 is 16.6. The molecule has 1 saturated heterocycles. The Bertz CT molecular complexity index is 433. The van der Waals surface area contributed by atoms with Crippen LogP contribution < -0.4 is 10.5 Å². The summed E-state index contributed by atoms with van der Waals surface area (Å²) in [4.78, 5) is 0.381. The number of hydrogen-bond acceptors (Lipinski definition) is 4. The maximum atomic E-state index is 5.64. The third kappa shape index (κ3) is 5.07. The highest BCUT2D eigenvalue weighted by molar-refractivity contribution is 7.80. The quantitative estimate of drug-likeness (QED) is 0.617. The smallest absolute Gasteiger partial charge is 0.120 e. The lowest BCUT2D eigenvalue weighted by Gasteiger charge is -2.21. The molecule has 0 spiro atoms. The van der Waals surface area contributed by atoms with Crippen molar-refractivity contribution in [1.29, 1.82) is 0 Å². The Morgan fingerprint density at radius 2 is 2.10 bits per heavy atom. The highest BCUT2D eigenvalue weighted by Gasteiger charge is 2.13. The highest BCUT2D eigenvalue weighted by Crippen LogP contribution is 2.15. The summed E-state index contributed by atoms with van der Waals surface area (Å²) >= 11 is 4.94. The second-order valence-electron chi connectivity index (χ2n) is 4.87. The van der Waals surface area contributed by atoms with E-state index in [0.717, 1.165) is 44.0 Å². The van der Waals surface area contributed by atoms with Gasteiger partial charge in [-0.1, -0.05) is 24.4 Å². The predicted octanol–water partition coefficient (Wildman–Crippen LogP) is 2.14. The van der Waals surface area contributed by atoms with E-state index in [4.69, 9.17) is 32.2 Å². The zero-order chi connectivity index (χ0) is 14.2. The first-order chi connectivity index (χ1) is 9.75. The molecular formula is C15H21NO3S. The molecule has 4 nitrogen and oxygen atoms in total. The van der Waals surface area contributed by atoms with Crippen LogP contribution >= 0.6 is 12.2 Å². The van der Waals surface area contributed by atoms with E-state index in [2.05, 4.69) is 0 Å². The average molecular weight is 295 g/mol. The van der Waals surface area contributed by atoms with E-state index in [1.54, 1.807) is 0 Å². The third-order valence-electron chi connectivity index (χ3n) is 3.31. The summed E-state index contributed by atoms with van der Waals surface area (Å²) in [5, 5.41) is 0. The molecule has 20 heavy (non-hydrogen) atoms. The average Bonchev–Trinajstić information content (AvgIpc) is 2.48. The lowest BCUT2D eigenvalue weighted by Crippen LogP contribution is -2.21. The molecule has 0 saturated carbocycles. The van der Waals surface area contributed by atoms with Crippen LogP contribution in [0.15, 0.2) is 24.3 Å². The van der Waals surface area contributed by atoms with Crippen molar-refractivity contribution in [2.75, 3.05) is 33.0 Å². The van der Waals surface area contributed by atoms with E-state index in [9.17, 15) is 0 Å². The normalized spacial score (nSPS) is 16.0. The molecule has 1 aromatic rings. The van der Waals surface area contributed by atoms with Gasteiger partial charge in [-0.2, -0.15) is 0 Å². The van der Waals surface area contributed by atoms with Crippen LogP contribution in [0.4, 0.5) is 0 Å². The summed E-state index contributed by atoms with van der Waals surface area (Å²) in [6.07, 6.45) is 2.19. The molecule has 110 valence electrons. The number of nitrogens with two attached hydrogens (primary N) is 1. The molecule has 5 heteroatoms. The topological polar surface area (TPSA) is 53.7 Å². The van der Waals surface area contributed by atoms with E-state index in [-0.39, 0.29) is 0 Å². The molecule has 1 heterocycles. The van der Waals surface area contributed by atoms with Crippen molar-refractivity contribution < 1.29 is 14.2 Å². The first-order valence-electron chi connectivity index (χ1n) is 6.94. The molecule has 0 unspecified atom stereocenters. The van der Waals surface area contributed by atoms with Crippen LogP contribution in [0.2, 0.25) is 0 Å². The van der Waals surface area contributed by atoms with E-state index >= 15 is 0 Å². The number of ether oxygens (including phenoxy) is 3. The van der Waals surface area contributed by atoms with Crippen molar-refractivity contribution in [1.82, 2.24) is 0 Å². The third-order valence-corrected chi connectivity index (χ3v) is 3.55. The van der Waals surface area contributed by atoms with Crippen molar-refractivity contribution in [3.05, 3.63) is 29.8 Å². The molecule has 0 aromatic heterocycles. The minimum absolute atomic E-state index is 0.381. The van der Waals surface area contributed by atoms with Gasteiger partial charge in [0.25, 0.3) is 0 Å². The van der Waals surface area contributed by atoms with Crippen molar-refractivity contribution in [2.24, 2.45) is 11.7 Å². The first-order valence-corrected chi connectivity index (χ1v) is 7.34. The number of benzene rings is 1. The fraction of sp³-hybridized carbons (Fsp3) is 0.533. The number of thiocarbonyl (C=S) groups is 1. The van der Waals surface area contributed by atoms with Crippen molar-refractivity contribution in [3.8, 4) is 5.75 Å². The van der Waals surface area contributed by atoms with Crippen molar-refractivity contribution >= 4 is 17.2 Å². The van der Waals surface area contributed by atoms with Crippen molar-refractivity contribution in [3.63, 3.8) is 0 Å². The maximum absolute atomic E-state index is 5.64. The minimum atomic E-state index is 0.381. The van der Waals surface area contributed by atoms with Crippen LogP contribution in [0.25, 0.3) is 0 Å². The molecule has 1 aromatic carbocycles. The van der Waals surface area contributed by atoms with Crippen LogP contribution in [0.5, 0.6) is 5.75 Å². The van der Waals surface area contributed by atoms with Gasteiger partial charge in [0.15, 0.2) is 0 Å². The van der Waals surface area contributed by atoms with Gasteiger partial charge in [-0.3, -0.25) is 0 Å². The van der Waals surface area contributed by atoms with Gasteiger partial charge < -0.3 is 19.9 Å². The Kier molecular flexibility index (Phi) is 6.24. The van der Waals surface area contributed by atoms with Gasteiger partial charge in [-0.25, -0.2) is 0 Å². The Morgan fingerprint density at radius 3 is 2.85 bits per heavy atom. The summed E-state index contributed by atoms with van der Waals surface area (Å²) in [5.41, 5.74) is 6.40. The molecule has 1 aliphatic heterocycles. The molecule has 0 aliphatic carbocycles. The summed E-state index contributed by atoms with van der Waals surface area (Å²) in [5.74, 6) is 1.40. The molecule has 1 aliphatic rings. The Balaban J connectivity index is 1.63. The molecular weight excluding hydrogens is 274 g/mol. The van der Waals surface area contributed by atoms with Gasteiger partial charge in [0, 0.05) is 25.4 Å². The zero-order valence-corrected chi connectivity index (χ0v) is 12.4. The first kappa shape index (κ1) is 15.2. The number of hydrogen-bond donors (Lipinski definition) is 1. The molecule has 0 bridgehead atoms. The van der Waals surface area contributed by atoms with Crippen LogP contribution in [0.1, 0.15) is 18.4 Å². The fourth-order valence-electron chi connectivity index (χ4n) is 2.12. The molecule has 1 fully saturated rings. The van der Waals surface area contributed by atoms with E-state index in [1.165, 1.54) is 0 Å². The van der Waals surface area contributed by atoms with Gasteiger partial charge >= 0.3 is 0 Å². The lowest BCUT2D eigenvalue weighted by atomic mass is 10.0. The van der Waals surface area contributed by atoms with Gasteiger partial charge in [0.05, 0.1) is 6.61 Å². The lowest BCUT2D eigenvalue weighted by molar-refractivity contribution is 0.0139. The molecule has 0 amide bonds. The molecule has 0 atom stereocenters. The fourth-order valence-corrected chi connectivity index (χ4v) is 2.25. The summed E-state index contributed by atoms with van der Waals surface area (Å²) in [7, 11) is 0. The summed E-state index contributed by atoms with van der Waals surface area (Å²) in [6.45, 7) is 3.63.